The van der Waals surface area contributed by atoms with Crippen LogP contribution in [-0.2, 0) is 11.2 Å². The van der Waals surface area contributed by atoms with Crippen molar-refractivity contribution in [2.75, 3.05) is 13.1 Å². The lowest BCUT2D eigenvalue weighted by Gasteiger charge is -2.21. The van der Waals surface area contributed by atoms with Crippen LogP contribution in [0.1, 0.15) is 48.0 Å². The van der Waals surface area contributed by atoms with E-state index >= 15 is 0 Å². The lowest BCUT2D eigenvalue weighted by Crippen LogP contribution is -2.26. The van der Waals surface area contributed by atoms with Crippen molar-refractivity contribution >= 4 is 11.9 Å². The summed E-state index contributed by atoms with van der Waals surface area (Å²) in [7, 11) is 0. The molecule has 0 radical (unpaired) electrons. The van der Waals surface area contributed by atoms with Crippen LogP contribution in [0, 0.1) is 5.92 Å². The number of carboxylic acids is 1. The van der Waals surface area contributed by atoms with E-state index in [2.05, 4.69) is 29.6 Å². The summed E-state index contributed by atoms with van der Waals surface area (Å²) in [6.45, 7) is 2.17. The molecule has 0 atom stereocenters. The zero-order chi connectivity index (χ0) is 23.6. The third kappa shape index (κ3) is 8.70. The van der Waals surface area contributed by atoms with E-state index in [-0.39, 0.29) is 5.91 Å². The number of hydrogen-bond acceptors (Lipinski definition) is 3. The summed E-state index contributed by atoms with van der Waals surface area (Å²) in [4.78, 5) is 20.3. The first kappa shape index (κ1) is 25.4. The fourth-order valence-corrected chi connectivity index (χ4v) is 3.69. The van der Waals surface area contributed by atoms with Crippen molar-refractivity contribution in [3.8, 4) is 11.1 Å². The van der Waals surface area contributed by atoms with E-state index in [0.29, 0.717) is 5.56 Å². The van der Waals surface area contributed by atoms with Crippen molar-refractivity contribution in [2.24, 2.45) is 11.7 Å². The molecule has 2 aromatic carbocycles. The van der Waals surface area contributed by atoms with Gasteiger partial charge in [0.15, 0.2) is 0 Å². The molecule has 1 saturated carbocycles. The Morgan fingerprint density at radius 3 is 2.19 bits per heavy atom. The van der Waals surface area contributed by atoms with Crippen molar-refractivity contribution in [3.63, 3.8) is 0 Å². The van der Waals surface area contributed by atoms with E-state index in [9.17, 15) is 18.0 Å². The predicted molar refractivity (Wildman–Crippen MR) is 117 cm³/mol. The minimum atomic E-state index is -5.08. The normalized spacial score (nSPS) is 14.3. The van der Waals surface area contributed by atoms with Gasteiger partial charge in [0.1, 0.15) is 0 Å². The van der Waals surface area contributed by atoms with Gasteiger partial charge in [0.25, 0.3) is 0 Å². The first-order valence-electron chi connectivity index (χ1n) is 10.7. The Labute approximate surface area is 185 Å². The number of carbonyl (C=O) groups is 2. The minimum Gasteiger partial charge on any atom is -0.475 e. The number of carbonyl (C=O) groups excluding carboxylic acids is 1. The Hall–Kier alpha value is -2.87. The minimum absolute atomic E-state index is 0.384. The van der Waals surface area contributed by atoms with Gasteiger partial charge in [-0.3, -0.25) is 4.79 Å². The molecule has 0 unspecified atom stereocenters. The van der Waals surface area contributed by atoms with E-state index in [0.717, 1.165) is 36.6 Å². The quantitative estimate of drug-likeness (QED) is 0.529. The second kappa shape index (κ2) is 12.2. The zero-order valence-corrected chi connectivity index (χ0v) is 17.8. The Morgan fingerprint density at radius 1 is 1.00 bits per heavy atom. The summed E-state index contributed by atoms with van der Waals surface area (Å²) in [5, 5.41) is 10.8. The number of benzene rings is 2. The van der Waals surface area contributed by atoms with Crippen LogP contribution in [0.25, 0.3) is 11.1 Å². The summed E-state index contributed by atoms with van der Waals surface area (Å²) >= 11 is 0. The number of hydrogen-bond donors (Lipinski definition) is 3. The average molecular weight is 451 g/mol. The fraction of sp³-hybridized carbons (Fsp3) is 0.417. The molecule has 0 aliphatic heterocycles. The number of carboxylic acid groups (broad SMARTS) is 1. The number of nitrogens with two attached hydrogens (primary N) is 1. The van der Waals surface area contributed by atoms with Gasteiger partial charge in [0.2, 0.25) is 5.91 Å². The number of alkyl halides is 3. The van der Waals surface area contributed by atoms with Crippen molar-refractivity contribution in [1.29, 1.82) is 0 Å². The smallest absolute Gasteiger partial charge is 0.475 e. The first-order chi connectivity index (χ1) is 15.2. The molecule has 5 nitrogen and oxygen atoms in total. The van der Waals surface area contributed by atoms with Crippen LogP contribution in [0.2, 0.25) is 0 Å². The second-order valence-electron chi connectivity index (χ2n) is 7.91. The molecule has 2 aromatic rings. The van der Waals surface area contributed by atoms with Crippen LogP contribution in [0.5, 0.6) is 0 Å². The van der Waals surface area contributed by atoms with Gasteiger partial charge in [-0.15, -0.1) is 0 Å². The summed E-state index contributed by atoms with van der Waals surface area (Å²) < 4.78 is 31.7. The van der Waals surface area contributed by atoms with E-state index in [1.165, 1.54) is 37.7 Å². The Morgan fingerprint density at radius 2 is 1.59 bits per heavy atom. The molecule has 174 valence electrons. The molecule has 1 amide bonds. The first-order valence-corrected chi connectivity index (χ1v) is 10.7. The molecule has 0 spiro atoms. The van der Waals surface area contributed by atoms with E-state index in [1.54, 1.807) is 6.07 Å². The van der Waals surface area contributed by atoms with Crippen LogP contribution < -0.4 is 11.1 Å². The monoisotopic (exact) mass is 450 g/mol. The second-order valence-corrected chi connectivity index (χ2v) is 7.91. The predicted octanol–water partition coefficient (Wildman–Crippen LogP) is 4.80. The largest absolute Gasteiger partial charge is 0.490 e. The highest BCUT2D eigenvalue weighted by Gasteiger charge is 2.38. The van der Waals surface area contributed by atoms with Gasteiger partial charge in [-0.2, -0.15) is 13.2 Å². The van der Waals surface area contributed by atoms with Crippen molar-refractivity contribution in [2.45, 2.75) is 44.7 Å². The van der Waals surface area contributed by atoms with Gasteiger partial charge in [-0.25, -0.2) is 4.79 Å². The molecule has 1 aliphatic carbocycles. The number of nitrogens with one attached hydrogen (secondary N) is 1. The number of halogens is 3. The summed E-state index contributed by atoms with van der Waals surface area (Å²) in [6.07, 6.45) is 2.94. The third-order valence-electron chi connectivity index (χ3n) is 5.40. The molecule has 0 saturated heterocycles. The Balaban J connectivity index is 0.000000451. The van der Waals surface area contributed by atoms with Gasteiger partial charge >= 0.3 is 12.1 Å². The molecule has 0 heterocycles. The lowest BCUT2D eigenvalue weighted by molar-refractivity contribution is -0.192. The Bertz CT molecular complexity index is 894. The topological polar surface area (TPSA) is 92.4 Å². The zero-order valence-electron chi connectivity index (χ0n) is 17.8. The van der Waals surface area contributed by atoms with E-state index in [4.69, 9.17) is 15.6 Å². The number of primary amides is 1. The SMILES string of the molecule is NC(=O)c1cccc(-c2cccc(CCNCC3CCCCC3)c2)c1.O=C(O)C(F)(F)F. The maximum atomic E-state index is 11.4. The number of rotatable bonds is 7. The molecule has 32 heavy (non-hydrogen) atoms. The van der Waals surface area contributed by atoms with Crippen molar-refractivity contribution in [1.82, 2.24) is 5.32 Å². The lowest BCUT2D eigenvalue weighted by atomic mass is 9.89. The van der Waals surface area contributed by atoms with E-state index in [1.807, 2.05) is 18.2 Å². The van der Waals surface area contributed by atoms with Crippen LogP contribution >= 0.6 is 0 Å². The van der Waals surface area contributed by atoms with Crippen LogP contribution in [0.15, 0.2) is 48.5 Å². The van der Waals surface area contributed by atoms with Gasteiger partial charge < -0.3 is 16.2 Å². The molecular formula is C24H29F3N2O3. The number of aliphatic carboxylic acids is 1. The van der Waals surface area contributed by atoms with Crippen molar-refractivity contribution in [3.05, 3.63) is 59.7 Å². The molecular weight excluding hydrogens is 421 g/mol. The summed E-state index contributed by atoms with van der Waals surface area (Å²) in [5.41, 5.74) is 9.42. The fourth-order valence-electron chi connectivity index (χ4n) is 3.69. The highest BCUT2D eigenvalue weighted by Crippen LogP contribution is 2.23. The van der Waals surface area contributed by atoms with Gasteiger partial charge in [0, 0.05) is 5.56 Å². The molecule has 1 aliphatic rings. The van der Waals surface area contributed by atoms with Gasteiger partial charge in [-0.05, 0) is 67.1 Å². The molecule has 0 aromatic heterocycles. The summed E-state index contributed by atoms with van der Waals surface area (Å²) in [5.74, 6) is -2.27. The average Bonchev–Trinajstić information content (AvgIpc) is 2.77. The molecule has 0 bridgehead atoms. The maximum Gasteiger partial charge on any atom is 0.490 e. The standard InChI is InChI=1S/C22H28N2O.C2HF3O2/c23-22(25)21-11-5-10-20(15-21)19-9-4-8-17(14-19)12-13-24-16-18-6-2-1-3-7-18;3-2(4,5)1(6)7/h4-5,8-11,14-15,18,24H,1-3,6-7,12-13,16H2,(H2,23,25);(H,6,7). The Kier molecular flexibility index (Phi) is 9.71. The molecule has 4 N–H and O–H groups in total. The molecule has 3 rings (SSSR count). The number of amides is 1. The van der Waals surface area contributed by atoms with E-state index < -0.39 is 12.1 Å². The van der Waals surface area contributed by atoms with Crippen LogP contribution in [-0.4, -0.2) is 36.2 Å². The van der Waals surface area contributed by atoms with Gasteiger partial charge in [-0.1, -0.05) is 55.7 Å². The van der Waals surface area contributed by atoms with Crippen LogP contribution in [0.4, 0.5) is 13.2 Å². The molecule has 8 heteroatoms. The summed E-state index contributed by atoms with van der Waals surface area (Å²) in [6, 6.07) is 16.1. The highest BCUT2D eigenvalue weighted by atomic mass is 19.4. The third-order valence-corrected chi connectivity index (χ3v) is 5.40. The molecule has 1 fully saturated rings. The van der Waals surface area contributed by atoms with Crippen molar-refractivity contribution < 1.29 is 27.9 Å². The highest BCUT2D eigenvalue weighted by molar-refractivity contribution is 5.94. The maximum absolute atomic E-state index is 11.4. The van der Waals surface area contributed by atoms with Crippen LogP contribution in [0.3, 0.4) is 0 Å². The van der Waals surface area contributed by atoms with Gasteiger partial charge in [0.05, 0.1) is 0 Å².